The minimum atomic E-state index is -3.83. The van der Waals surface area contributed by atoms with Crippen LogP contribution in [0.2, 0.25) is 10.0 Å². The number of sulfonamides is 1. The number of rotatable bonds is 3. The zero-order valence-electron chi connectivity index (χ0n) is 15.4. The fourth-order valence-corrected chi connectivity index (χ4v) is 4.78. The Balaban J connectivity index is 1.91. The molecule has 0 aliphatic carbocycles. The number of hydrogen-bond donors (Lipinski definition) is 0. The number of nitrogens with zero attached hydrogens (tertiary/aromatic N) is 3. The van der Waals surface area contributed by atoms with Crippen LogP contribution in [0.15, 0.2) is 54.7 Å². The van der Waals surface area contributed by atoms with Gasteiger partial charge in [0.2, 0.25) is 15.9 Å². The third-order valence-electron chi connectivity index (χ3n) is 4.78. The zero-order valence-corrected chi connectivity index (χ0v) is 17.7. The molecule has 1 aromatic heterocycles. The van der Waals surface area contributed by atoms with E-state index in [1.165, 1.54) is 0 Å². The van der Waals surface area contributed by atoms with E-state index in [4.69, 9.17) is 28.2 Å². The fraction of sp³-hybridized carbons (Fsp3) is 0.200. The van der Waals surface area contributed by atoms with E-state index in [2.05, 4.69) is 0 Å². The summed E-state index contributed by atoms with van der Waals surface area (Å²) in [6.07, 6.45) is 2.92. The average Bonchev–Trinajstić information content (AvgIpc) is 3.02. The van der Waals surface area contributed by atoms with Crippen LogP contribution in [0.3, 0.4) is 0 Å². The van der Waals surface area contributed by atoms with E-state index in [-0.39, 0.29) is 6.42 Å². The number of aryl methyl sites for hydroxylation is 1. The number of carbonyl (C=O) groups is 1. The second-order valence-electron chi connectivity index (χ2n) is 6.84. The molecule has 3 aromatic rings. The maximum absolute atomic E-state index is 12.7. The van der Waals surface area contributed by atoms with Crippen molar-refractivity contribution >= 4 is 39.1 Å². The molecule has 1 aliphatic heterocycles. The third kappa shape index (κ3) is 3.90. The molecule has 29 heavy (non-hydrogen) atoms. The van der Waals surface area contributed by atoms with Crippen molar-refractivity contribution in [2.45, 2.75) is 19.0 Å². The van der Waals surface area contributed by atoms with E-state index in [1.54, 1.807) is 36.4 Å². The molecule has 150 valence electrons. The van der Waals surface area contributed by atoms with Crippen LogP contribution in [0.1, 0.15) is 23.9 Å². The quantitative estimate of drug-likeness (QED) is 0.602. The summed E-state index contributed by atoms with van der Waals surface area (Å²) in [5.74, 6) is 0.0135. The number of imidazole rings is 1. The van der Waals surface area contributed by atoms with Crippen LogP contribution >= 0.6 is 23.2 Å². The van der Waals surface area contributed by atoms with Crippen LogP contribution in [-0.2, 0) is 21.4 Å². The molecule has 2 heterocycles. The molecule has 4 rings (SSSR count). The molecule has 1 atom stereocenters. The summed E-state index contributed by atoms with van der Waals surface area (Å²) in [5.41, 5.74) is 2.14. The van der Waals surface area contributed by atoms with Crippen LogP contribution < -0.4 is 0 Å². The summed E-state index contributed by atoms with van der Waals surface area (Å²) >= 11 is 12.0. The van der Waals surface area contributed by atoms with Gasteiger partial charge in [-0.1, -0.05) is 47.5 Å². The summed E-state index contributed by atoms with van der Waals surface area (Å²) < 4.78 is 27.9. The highest BCUT2D eigenvalue weighted by Crippen LogP contribution is 2.35. The van der Waals surface area contributed by atoms with Crippen molar-refractivity contribution in [1.29, 1.82) is 0 Å². The molecular formula is C20H17Cl2N3O3S. The molecule has 0 N–H and O–H groups in total. The number of carbonyl (C=O) groups excluding carboxylic acids is 1. The second-order valence-corrected chi connectivity index (χ2v) is 9.57. The lowest BCUT2D eigenvalue weighted by Crippen LogP contribution is -2.39. The Kier molecular flexibility index (Phi) is 5.14. The summed E-state index contributed by atoms with van der Waals surface area (Å²) in [6.45, 7) is 0.338. The van der Waals surface area contributed by atoms with Gasteiger partial charge in [-0.2, -0.15) is 0 Å². The minimum absolute atomic E-state index is 0.0561. The van der Waals surface area contributed by atoms with Crippen LogP contribution in [0.4, 0.5) is 0 Å². The van der Waals surface area contributed by atoms with Crippen molar-refractivity contribution in [2.75, 3.05) is 6.26 Å². The highest BCUT2D eigenvalue weighted by molar-refractivity contribution is 7.88. The van der Waals surface area contributed by atoms with Gasteiger partial charge in [-0.05, 0) is 29.8 Å². The SMILES string of the molecule is CS(=O)(=O)N1C(=O)CCn2cc(-c3ccc(Cl)cc3)nc2C1c1ccc(Cl)cc1. The highest BCUT2D eigenvalue weighted by atomic mass is 35.5. The van der Waals surface area contributed by atoms with Gasteiger partial charge >= 0.3 is 0 Å². The van der Waals surface area contributed by atoms with Crippen LogP contribution in [-0.4, -0.2) is 34.4 Å². The van der Waals surface area contributed by atoms with E-state index in [0.717, 1.165) is 16.1 Å². The van der Waals surface area contributed by atoms with Crippen molar-refractivity contribution in [3.8, 4) is 11.3 Å². The lowest BCUT2D eigenvalue weighted by molar-refractivity contribution is -0.127. The molecule has 0 radical (unpaired) electrons. The third-order valence-corrected chi connectivity index (χ3v) is 6.41. The smallest absolute Gasteiger partial charge is 0.238 e. The van der Waals surface area contributed by atoms with Gasteiger partial charge in [0.05, 0.1) is 11.9 Å². The number of fused-ring (bicyclic) bond motifs is 1. The Morgan fingerprint density at radius 2 is 1.59 bits per heavy atom. The van der Waals surface area contributed by atoms with Gasteiger partial charge in [0.25, 0.3) is 0 Å². The van der Waals surface area contributed by atoms with Crippen molar-refractivity contribution < 1.29 is 13.2 Å². The molecule has 1 aliphatic rings. The second kappa shape index (κ2) is 7.48. The molecule has 0 saturated heterocycles. The maximum atomic E-state index is 12.7. The Morgan fingerprint density at radius 1 is 1.00 bits per heavy atom. The van der Waals surface area contributed by atoms with Gasteiger partial charge in [-0.3, -0.25) is 4.79 Å². The first-order valence-corrected chi connectivity index (χ1v) is 11.4. The lowest BCUT2D eigenvalue weighted by atomic mass is 10.1. The Labute approximate surface area is 178 Å². The molecule has 9 heteroatoms. The molecular weight excluding hydrogens is 433 g/mol. The van der Waals surface area contributed by atoms with Gasteiger partial charge in [0, 0.05) is 34.8 Å². The lowest BCUT2D eigenvalue weighted by Gasteiger charge is -2.27. The van der Waals surface area contributed by atoms with Gasteiger partial charge in [0.1, 0.15) is 11.9 Å². The molecule has 2 aromatic carbocycles. The highest BCUT2D eigenvalue weighted by Gasteiger charge is 2.38. The van der Waals surface area contributed by atoms with Crippen LogP contribution in [0, 0.1) is 0 Å². The first kappa shape index (κ1) is 19.9. The van der Waals surface area contributed by atoms with Gasteiger partial charge in [-0.25, -0.2) is 17.7 Å². The number of halogens is 2. The first-order valence-electron chi connectivity index (χ1n) is 8.85. The molecule has 0 saturated carbocycles. The van der Waals surface area contributed by atoms with Crippen molar-refractivity contribution in [2.24, 2.45) is 0 Å². The topological polar surface area (TPSA) is 72.3 Å². The zero-order chi connectivity index (χ0) is 20.8. The van der Waals surface area contributed by atoms with E-state index >= 15 is 0 Å². The predicted molar refractivity (Wildman–Crippen MR) is 112 cm³/mol. The number of hydrogen-bond acceptors (Lipinski definition) is 4. The molecule has 0 spiro atoms. The molecule has 1 amide bonds. The Morgan fingerprint density at radius 3 is 2.17 bits per heavy atom. The Bertz CT molecular complexity index is 1170. The summed E-state index contributed by atoms with van der Waals surface area (Å²) in [6, 6.07) is 13.1. The van der Waals surface area contributed by atoms with Crippen molar-refractivity contribution in [3.63, 3.8) is 0 Å². The normalized spacial score (nSPS) is 17.1. The summed E-state index contributed by atoms with van der Waals surface area (Å²) in [5, 5.41) is 1.13. The van der Waals surface area contributed by atoms with E-state index in [0.29, 0.717) is 33.7 Å². The van der Waals surface area contributed by atoms with E-state index in [9.17, 15) is 13.2 Å². The molecule has 0 fully saturated rings. The van der Waals surface area contributed by atoms with Crippen molar-refractivity contribution in [1.82, 2.24) is 13.9 Å². The van der Waals surface area contributed by atoms with E-state index < -0.39 is 22.0 Å². The monoisotopic (exact) mass is 449 g/mol. The van der Waals surface area contributed by atoms with Crippen LogP contribution in [0.5, 0.6) is 0 Å². The summed E-state index contributed by atoms with van der Waals surface area (Å²) in [7, 11) is -3.83. The number of aromatic nitrogens is 2. The summed E-state index contributed by atoms with van der Waals surface area (Å²) in [4.78, 5) is 17.5. The standard InChI is InChI=1S/C20H17Cl2N3O3S/c1-29(27,28)25-18(26)10-11-24-12-17(13-2-6-15(21)7-3-13)23-20(24)19(25)14-4-8-16(22)9-5-14/h2-9,12,19H,10-11H2,1H3. The minimum Gasteiger partial charge on any atom is -0.332 e. The van der Waals surface area contributed by atoms with Crippen LogP contribution in [0.25, 0.3) is 11.3 Å². The van der Waals surface area contributed by atoms with Gasteiger partial charge in [-0.15, -0.1) is 0 Å². The van der Waals surface area contributed by atoms with E-state index in [1.807, 2.05) is 22.9 Å². The Hall–Kier alpha value is -2.35. The predicted octanol–water partition coefficient (Wildman–Crippen LogP) is 4.14. The average molecular weight is 450 g/mol. The van der Waals surface area contributed by atoms with Crippen molar-refractivity contribution in [3.05, 3.63) is 76.2 Å². The maximum Gasteiger partial charge on any atom is 0.238 e. The van der Waals surface area contributed by atoms with Gasteiger partial charge < -0.3 is 4.57 Å². The van der Waals surface area contributed by atoms with Gasteiger partial charge in [0.15, 0.2) is 0 Å². The number of benzene rings is 2. The number of amides is 1. The molecule has 1 unspecified atom stereocenters. The largest absolute Gasteiger partial charge is 0.332 e. The molecule has 0 bridgehead atoms. The first-order chi connectivity index (χ1) is 13.7. The fourth-order valence-electron chi connectivity index (χ4n) is 3.47. The molecule has 6 nitrogen and oxygen atoms in total.